The smallest absolute Gasteiger partial charge is 0.0640 e. The molecule has 1 aromatic heterocycles. The normalized spacial score (nSPS) is 10.0. The van der Waals surface area contributed by atoms with Crippen molar-refractivity contribution in [2.24, 2.45) is 0 Å². The predicted molar refractivity (Wildman–Crippen MR) is 74.0 cm³/mol. The summed E-state index contributed by atoms with van der Waals surface area (Å²) in [5.41, 5.74) is 4.44. The zero-order valence-corrected chi connectivity index (χ0v) is 10.6. The highest BCUT2D eigenvalue weighted by atomic mass is 15.0. The number of nitriles is 1. The second kappa shape index (κ2) is 5.37. The fourth-order valence-corrected chi connectivity index (χ4v) is 1.96. The highest BCUT2D eigenvalue weighted by molar-refractivity contribution is 5.76. The van der Waals surface area contributed by atoms with Gasteiger partial charge in [0.05, 0.1) is 12.5 Å². The SMILES string of the molecule is C=C(c1ccc(C)cc1)c1cccn1CCC#N. The molecule has 0 N–H and O–H groups in total. The molecule has 2 rings (SSSR count). The summed E-state index contributed by atoms with van der Waals surface area (Å²) in [7, 11) is 0. The molecule has 2 nitrogen and oxygen atoms in total. The second-order valence-electron chi connectivity index (χ2n) is 4.34. The molecule has 0 spiro atoms. The van der Waals surface area contributed by atoms with Crippen LogP contribution in [0.2, 0.25) is 0 Å². The van der Waals surface area contributed by atoms with Crippen LogP contribution in [0.4, 0.5) is 0 Å². The van der Waals surface area contributed by atoms with Crippen molar-refractivity contribution >= 4 is 5.57 Å². The zero-order valence-electron chi connectivity index (χ0n) is 10.6. The summed E-state index contributed by atoms with van der Waals surface area (Å²) in [6.45, 7) is 6.95. The second-order valence-corrected chi connectivity index (χ2v) is 4.34. The highest BCUT2D eigenvalue weighted by Crippen LogP contribution is 2.22. The van der Waals surface area contributed by atoms with Gasteiger partial charge in [-0.1, -0.05) is 36.4 Å². The molecule has 1 aromatic carbocycles. The Morgan fingerprint density at radius 3 is 2.67 bits per heavy atom. The summed E-state index contributed by atoms with van der Waals surface area (Å²) in [4.78, 5) is 0. The van der Waals surface area contributed by atoms with E-state index in [4.69, 9.17) is 5.26 Å². The third-order valence-corrected chi connectivity index (χ3v) is 3.00. The molecule has 0 fully saturated rings. The van der Waals surface area contributed by atoms with Crippen LogP contribution >= 0.6 is 0 Å². The first-order valence-electron chi connectivity index (χ1n) is 6.01. The number of rotatable bonds is 4. The van der Waals surface area contributed by atoms with Gasteiger partial charge in [0, 0.05) is 18.4 Å². The summed E-state index contributed by atoms with van der Waals surface area (Å²) in [5, 5.41) is 8.66. The number of aromatic nitrogens is 1. The first-order valence-corrected chi connectivity index (χ1v) is 6.01. The van der Waals surface area contributed by atoms with E-state index in [0.717, 1.165) is 16.8 Å². The van der Waals surface area contributed by atoms with Crippen LogP contribution in [0.25, 0.3) is 5.57 Å². The van der Waals surface area contributed by atoms with E-state index >= 15 is 0 Å². The van der Waals surface area contributed by atoms with Gasteiger partial charge in [0.25, 0.3) is 0 Å². The maximum Gasteiger partial charge on any atom is 0.0640 e. The van der Waals surface area contributed by atoms with Crippen LogP contribution in [-0.4, -0.2) is 4.57 Å². The van der Waals surface area contributed by atoms with E-state index in [1.54, 1.807) is 0 Å². The van der Waals surface area contributed by atoms with E-state index in [-0.39, 0.29) is 0 Å². The van der Waals surface area contributed by atoms with Crippen LogP contribution in [0.1, 0.15) is 23.2 Å². The molecule has 0 aliphatic carbocycles. The number of aryl methyl sites for hydroxylation is 2. The minimum absolute atomic E-state index is 0.517. The van der Waals surface area contributed by atoms with Gasteiger partial charge in [0.15, 0.2) is 0 Å². The summed E-state index contributed by atoms with van der Waals surface area (Å²) in [5.74, 6) is 0. The van der Waals surface area contributed by atoms with E-state index in [2.05, 4.69) is 48.4 Å². The van der Waals surface area contributed by atoms with Crippen molar-refractivity contribution in [3.8, 4) is 6.07 Å². The standard InChI is InChI=1S/C16H16N2/c1-13-6-8-15(9-7-13)14(2)16-5-3-11-18(16)12-4-10-17/h3,5-9,11H,2,4,12H2,1H3. The lowest BCUT2D eigenvalue weighted by molar-refractivity contribution is 0.712. The van der Waals surface area contributed by atoms with Crippen LogP contribution in [0.5, 0.6) is 0 Å². The molecule has 0 aliphatic heterocycles. The van der Waals surface area contributed by atoms with E-state index in [1.807, 2.05) is 18.3 Å². The molecular weight excluding hydrogens is 220 g/mol. The van der Waals surface area contributed by atoms with Crippen LogP contribution in [0.15, 0.2) is 49.2 Å². The van der Waals surface area contributed by atoms with Gasteiger partial charge in [0.1, 0.15) is 0 Å². The number of hydrogen-bond acceptors (Lipinski definition) is 1. The minimum atomic E-state index is 0.517. The van der Waals surface area contributed by atoms with Gasteiger partial charge in [-0.3, -0.25) is 0 Å². The maximum atomic E-state index is 8.66. The molecule has 0 saturated heterocycles. The number of nitrogens with zero attached hydrogens (tertiary/aromatic N) is 2. The molecule has 0 saturated carbocycles. The van der Waals surface area contributed by atoms with Crippen molar-refractivity contribution < 1.29 is 0 Å². The Kier molecular flexibility index (Phi) is 3.64. The van der Waals surface area contributed by atoms with Gasteiger partial charge in [-0.25, -0.2) is 0 Å². The number of benzene rings is 1. The summed E-state index contributed by atoms with van der Waals surface area (Å²) >= 11 is 0. The molecule has 0 bridgehead atoms. The Hall–Kier alpha value is -2.27. The first kappa shape index (κ1) is 12.2. The Morgan fingerprint density at radius 1 is 1.28 bits per heavy atom. The molecule has 0 atom stereocenters. The third kappa shape index (κ3) is 2.52. The van der Waals surface area contributed by atoms with Gasteiger partial charge >= 0.3 is 0 Å². The van der Waals surface area contributed by atoms with Crippen LogP contribution in [0, 0.1) is 18.3 Å². The molecular formula is C16H16N2. The summed E-state index contributed by atoms with van der Waals surface area (Å²) in [6.07, 6.45) is 2.51. The molecule has 0 aliphatic rings. The predicted octanol–water partition coefficient (Wildman–Crippen LogP) is 3.77. The first-order chi connectivity index (χ1) is 8.72. The third-order valence-electron chi connectivity index (χ3n) is 3.00. The zero-order chi connectivity index (χ0) is 13.0. The van der Waals surface area contributed by atoms with E-state index < -0.39 is 0 Å². The summed E-state index contributed by atoms with van der Waals surface area (Å²) in [6, 6.07) is 14.5. The molecule has 2 aromatic rings. The molecule has 18 heavy (non-hydrogen) atoms. The molecule has 0 amide bonds. The lowest BCUT2D eigenvalue weighted by atomic mass is 10.0. The van der Waals surface area contributed by atoms with E-state index in [0.29, 0.717) is 13.0 Å². The van der Waals surface area contributed by atoms with Gasteiger partial charge in [-0.15, -0.1) is 0 Å². The van der Waals surface area contributed by atoms with Crippen molar-refractivity contribution in [2.75, 3.05) is 0 Å². The molecule has 1 heterocycles. The summed E-state index contributed by atoms with van der Waals surface area (Å²) < 4.78 is 2.07. The number of hydrogen-bond donors (Lipinski definition) is 0. The van der Waals surface area contributed by atoms with Gasteiger partial charge < -0.3 is 4.57 Å². The van der Waals surface area contributed by atoms with Crippen molar-refractivity contribution in [3.05, 3.63) is 66.0 Å². The fraction of sp³-hybridized carbons (Fsp3) is 0.188. The van der Waals surface area contributed by atoms with Crippen molar-refractivity contribution in [2.45, 2.75) is 19.9 Å². The van der Waals surface area contributed by atoms with Gasteiger partial charge in [-0.2, -0.15) is 5.26 Å². The van der Waals surface area contributed by atoms with Crippen LogP contribution in [0.3, 0.4) is 0 Å². The van der Waals surface area contributed by atoms with Gasteiger partial charge in [-0.05, 0) is 30.2 Å². The Labute approximate surface area is 108 Å². The highest BCUT2D eigenvalue weighted by Gasteiger charge is 2.06. The Morgan fingerprint density at radius 2 is 2.00 bits per heavy atom. The topological polar surface area (TPSA) is 28.7 Å². The van der Waals surface area contributed by atoms with Crippen LogP contribution < -0.4 is 0 Å². The van der Waals surface area contributed by atoms with E-state index in [9.17, 15) is 0 Å². The minimum Gasteiger partial charge on any atom is -0.346 e. The average Bonchev–Trinajstić information content (AvgIpc) is 2.84. The largest absolute Gasteiger partial charge is 0.346 e. The monoisotopic (exact) mass is 236 g/mol. The van der Waals surface area contributed by atoms with Crippen molar-refractivity contribution in [3.63, 3.8) is 0 Å². The lowest BCUT2D eigenvalue weighted by Gasteiger charge is -2.10. The Bertz CT molecular complexity index is 582. The fourth-order valence-electron chi connectivity index (χ4n) is 1.96. The quantitative estimate of drug-likeness (QED) is 0.794. The Balaban J connectivity index is 2.26. The van der Waals surface area contributed by atoms with Crippen molar-refractivity contribution in [1.82, 2.24) is 4.57 Å². The molecule has 2 heteroatoms. The average molecular weight is 236 g/mol. The maximum absolute atomic E-state index is 8.66. The van der Waals surface area contributed by atoms with Crippen LogP contribution in [-0.2, 0) is 6.54 Å². The molecule has 0 unspecified atom stereocenters. The molecule has 0 radical (unpaired) electrons. The lowest BCUT2D eigenvalue weighted by Crippen LogP contribution is -2.01. The molecule has 90 valence electrons. The van der Waals surface area contributed by atoms with Gasteiger partial charge in [0.2, 0.25) is 0 Å². The van der Waals surface area contributed by atoms with Crippen molar-refractivity contribution in [1.29, 1.82) is 5.26 Å². The van der Waals surface area contributed by atoms with E-state index in [1.165, 1.54) is 5.56 Å².